The highest BCUT2D eigenvalue weighted by atomic mass is 19.4. The van der Waals surface area contributed by atoms with E-state index < -0.39 is 17.5 Å². The van der Waals surface area contributed by atoms with Gasteiger partial charge in [0.2, 0.25) is 5.91 Å². The fourth-order valence-electron chi connectivity index (χ4n) is 6.30. The molecule has 33 heavy (non-hydrogen) atoms. The molecule has 3 heterocycles. The summed E-state index contributed by atoms with van der Waals surface area (Å²) in [7, 11) is 0. The molecule has 1 spiro atoms. The van der Waals surface area contributed by atoms with Crippen LogP contribution in [0.5, 0.6) is 0 Å². The van der Waals surface area contributed by atoms with Crippen LogP contribution in [-0.2, 0) is 27.0 Å². The highest BCUT2D eigenvalue weighted by molar-refractivity contribution is 5.78. The lowest BCUT2D eigenvalue weighted by Gasteiger charge is -2.55. The van der Waals surface area contributed by atoms with Crippen molar-refractivity contribution in [2.75, 3.05) is 19.8 Å². The Bertz CT molecular complexity index is 871. The zero-order valence-electron chi connectivity index (χ0n) is 19.3. The van der Waals surface area contributed by atoms with Gasteiger partial charge in [-0.2, -0.15) is 13.2 Å². The SMILES string of the molecule is CC(C)[C@H]1CO[C@]23CC[C@H](N(Cc4ccc(C(F)(F)F)cc4)C4COC4)C[C@H]2CCC(=O)N13. The lowest BCUT2D eigenvalue weighted by molar-refractivity contribution is -0.196. The van der Waals surface area contributed by atoms with Gasteiger partial charge in [-0.1, -0.05) is 26.0 Å². The Morgan fingerprint density at radius 2 is 1.85 bits per heavy atom. The predicted octanol–water partition coefficient (Wildman–Crippen LogP) is 4.45. The number of ether oxygens (including phenoxy) is 2. The van der Waals surface area contributed by atoms with Gasteiger partial charge in [0.1, 0.15) is 5.72 Å². The average Bonchev–Trinajstić information content (AvgIpc) is 3.12. The van der Waals surface area contributed by atoms with Crippen molar-refractivity contribution in [3.63, 3.8) is 0 Å². The molecule has 5 rings (SSSR count). The molecule has 182 valence electrons. The number of hydrogen-bond acceptors (Lipinski definition) is 4. The molecule has 0 radical (unpaired) electrons. The molecule has 1 aliphatic carbocycles. The quantitative estimate of drug-likeness (QED) is 0.643. The van der Waals surface area contributed by atoms with Gasteiger partial charge in [-0.05, 0) is 49.3 Å². The van der Waals surface area contributed by atoms with E-state index in [0.29, 0.717) is 44.7 Å². The van der Waals surface area contributed by atoms with Gasteiger partial charge in [-0.3, -0.25) is 9.69 Å². The molecule has 3 aliphatic heterocycles. The standard InChI is InChI=1S/C25H33F3N2O3/c1-16(2)22-15-33-24-10-9-20(11-19(24)7-8-23(31)30(22)24)29(21-13-32-14-21)12-17-3-5-18(6-4-17)25(26,27)28/h3-6,16,19-22H,7-15H2,1-2H3/t19-,20+,22-,24-/m1/s1. The van der Waals surface area contributed by atoms with Gasteiger partial charge in [0, 0.05) is 24.9 Å². The molecule has 1 aromatic rings. The zero-order valence-corrected chi connectivity index (χ0v) is 19.3. The molecule has 1 amide bonds. The molecule has 0 unspecified atom stereocenters. The van der Waals surface area contributed by atoms with Crippen LogP contribution in [0.4, 0.5) is 13.2 Å². The summed E-state index contributed by atoms with van der Waals surface area (Å²) in [5, 5.41) is 0. The van der Waals surface area contributed by atoms with Crippen molar-refractivity contribution >= 4 is 5.91 Å². The van der Waals surface area contributed by atoms with Crippen molar-refractivity contribution in [3.05, 3.63) is 35.4 Å². The van der Waals surface area contributed by atoms with Crippen LogP contribution in [-0.4, -0.2) is 59.4 Å². The molecule has 1 saturated carbocycles. The number of carbonyl (C=O) groups excluding carboxylic acids is 1. The minimum absolute atomic E-state index is 0.139. The van der Waals surface area contributed by atoms with Crippen molar-refractivity contribution in [2.45, 2.75) is 82.5 Å². The van der Waals surface area contributed by atoms with Crippen LogP contribution in [0.2, 0.25) is 0 Å². The van der Waals surface area contributed by atoms with E-state index in [9.17, 15) is 18.0 Å². The Balaban J connectivity index is 1.34. The third-order valence-corrected chi connectivity index (χ3v) is 8.22. The van der Waals surface area contributed by atoms with Crippen LogP contribution in [0.15, 0.2) is 24.3 Å². The maximum atomic E-state index is 13.0. The summed E-state index contributed by atoms with van der Waals surface area (Å²) >= 11 is 0. The first-order chi connectivity index (χ1) is 15.7. The average molecular weight is 467 g/mol. The molecule has 8 heteroatoms. The summed E-state index contributed by atoms with van der Waals surface area (Å²) in [5.74, 6) is 0.858. The molecule has 4 fully saturated rings. The summed E-state index contributed by atoms with van der Waals surface area (Å²) in [6, 6.07) is 6.24. The molecule has 4 atom stereocenters. The van der Waals surface area contributed by atoms with Crippen LogP contribution in [0.25, 0.3) is 0 Å². The molecule has 0 aromatic heterocycles. The second kappa shape index (κ2) is 8.54. The maximum absolute atomic E-state index is 13.0. The van der Waals surface area contributed by atoms with E-state index in [1.165, 1.54) is 12.1 Å². The number of benzene rings is 1. The molecule has 5 nitrogen and oxygen atoms in total. The number of alkyl halides is 3. The van der Waals surface area contributed by atoms with Crippen LogP contribution in [0.3, 0.4) is 0 Å². The number of piperidine rings is 1. The lowest BCUT2D eigenvalue weighted by atomic mass is 9.72. The molecule has 3 saturated heterocycles. The van der Waals surface area contributed by atoms with E-state index in [1.807, 2.05) is 0 Å². The van der Waals surface area contributed by atoms with Crippen molar-refractivity contribution in [1.29, 1.82) is 0 Å². The minimum atomic E-state index is -4.32. The van der Waals surface area contributed by atoms with E-state index >= 15 is 0 Å². The topological polar surface area (TPSA) is 42.0 Å². The highest BCUT2D eigenvalue weighted by Gasteiger charge is 2.59. The number of carbonyl (C=O) groups is 1. The van der Waals surface area contributed by atoms with Gasteiger partial charge in [-0.25, -0.2) is 0 Å². The lowest BCUT2D eigenvalue weighted by Crippen LogP contribution is -2.64. The van der Waals surface area contributed by atoms with Gasteiger partial charge in [0.05, 0.1) is 37.5 Å². The first kappa shape index (κ1) is 23.1. The predicted molar refractivity (Wildman–Crippen MR) is 116 cm³/mol. The number of nitrogens with zero attached hydrogens (tertiary/aromatic N) is 2. The second-order valence-electron chi connectivity index (χ2n) is 10.5. The van der Waals surface area contributed by atoms with Gasteiger partial charge in [0.25, 0.3) is 0 Å². The van der Waals surface area contributed by atoms with E-state index in [-0.39, 0.29) is 23.9 Å². The third kappa shape index (κ3) is 4.08. The summed E-state index contributed by atoms with van der Waals surface area (Å²) < 4.78 is 50.8. The second-order valence-corrected chi connectivity index (χ2v) is 10.5. The number of halogens is 3. The molecule has 0 bridgehead atoms. The van der Waals surface area contributed by atoms with E-state index in [0.717, 1.165) is 31.2 Å². The van der Waals surface area contributed by atoms with Crippen molar-refractivity contribution in [2.24, 2.45) is 11.8 Å². The Morgan fingerprint density at radius 1 is 1.12 bits per heavy atom. The van der Waals surface area contributed by atoms with Gasteiger partial charge >= 0.3 is 6.18 Å². The molecule has 4 aliphatic rings. The highest BCUT2D eigenvalue weighted by Crippen LogP contribution is 2.51. The van der Waals surface area contributed by atoms with E-state index in [4.69, 9.17) is 9.47 Å². The summed E-state index contributed by atoms with van der Waals surface area (Å²) in [4.78, 5) is 17.4. The Labute approximate surface area is 193 Å². The van der Waals surface area contributed by atoms with Crippen LogP contribution >= 0.6 is 0 Å². The van der Waals surface area contributed by atoms with E-state index in [1.54, 1.807) is 12.1 Å². The van der Waals surface area contributed by atoms with Gasteiger partial charge in [-0.15, -0.1) is 0 Å². The third-order valence-electron chi connectivity index (χ3n) is 8.22. The summed E-state index contributed by atoms with van der Waals surface area (Å²) in [6.45, 7) is 6.83. The van der Waals surface area contributed by atoms with Crippen LogP contribution < -0.4 is 0 Å². The summed E-state index contributed by atoms with van der Waals surface area (Å²) in [5.41, 5.74) is -0.209. The van der Waals surface area contributed by atoms with Crippen molar-refractivity contribution < 1.29 is 27.4 Å². The molecule has 0 N–H and O–H groups in total. The molecular formula is C25H33F3N2O3. The fourth-order valence-corrected chi connectivity index (χ4v) is 6.30. The number of amides is 1. The summed E-state index contributed by atoms with van der Waals surface area (Å²) in [6.07, 6.45) is -0.261. The Morgan fingerprint density at radius 3 is 2.45 bits per heavy atom. The number of hydrogen-bond donors (Lipinski definition) is 0. The van der Waals surface area contributed by atoms with E-state index in [2.05, 4.69) is 23.6 Å². The smallest absolute Gasteiger partial charge is 0.378 e. The fraction of sp³-hybridized carbons (Fsp3) is 0.720. The normalized spacial score (nSPS) is 32.8. The van der Waals surface area contributed by atoms with Crippen LogP contribution in [0, 0.1) is 11.8 Å². The van der Waals surface area contributed by atoms with Crippen molar-refractivity contribution in [3.8, 4) is 0 Å². The monoisotopic (exact) mass is 466 g/mol. The minimum Gasteiger partial charge on any atom is -0.378 e. The first-order valence-electron chi connectivity index (χ1n) is 12.1. The Hall–Kier alpha value is -1.64. The largest absolute Gasteiger partial charge is 0.416 e. The van der Waals surface area contributed by atoms with Gasteiger partial charge in [0.15, 0.2) is 0 Å². The first-order valence-corrected chi connectivity index (χ1v) is 12.1. The molecule has 1 aromatic carbocycles. The molecular weight excluding hydrogens is 433 g/mol. The van der Waals surface area contributed by atoms with Crippen LogP contribution in [0.1, 0.15) is 57.1 Å². The van der Waals surface area contributed by atoms with Gasteiger partial charge < -0.3 is 14.4 Å². The number of rotatable bonds is 5. The Kier molecular flexibility index (Phi) is 5.98. The van der Waals surface area contributed by atoms with Crippen molar-refractivity contribution in [1.82, 2.24) is 9.80 Å². The maximum Gasteiger partial charge on any atom is 0.416 e. The zero-order chi connectivity index (χ0) is 23.4.